The van der Waals surface area contributed by atoms with Gasteiger partial charge in [-0.1, -0.05) is 12.1 Å². The molecule has 0 aromatic heterocycles. The monoisotopic (exact) mass is 112 g/mol. The lowest BCUT2D eigenvalue weighted by atomic mass is 10.3. The molecule has 0 heterocycles. The zero-order valence-electron chi connectivity index (χ0n) is 5.19. The standard InChI is InChI=1S/C6H6FN/c7-5-3-1-2-4-6(5)8/h1-4H,8H2/i1D. The highest BCUT2D eigenvalue weighted by atomic mass is 19.1. The Morgan fingerprint density at radius 1 is 1.62 bits per heavy atom. The maximum Gasteiger partial charge on any atom is 0.146 e. The number of nitrogens with two attached hydrogens (primary N) is 1. The van der Waals surface area contributed by atoms with Crippen LogP contribution >= 0.6 is 0 Å². The molecule has 1 rings (SSSR count). The number of rotatable bonds is 0. The van der Waals surface area contributed by atoms with Gasteiger partial charge in [-0.3, -0.25) is 0 Å². The number of anilines is 1. The van der Waals surface area contributed by atoms with E-state index in [9.17, 15) is 4.39 Å². The van der Waals surface area contributed by atoms with Crippen LogP contribution in [0.4, 0.5) is 10.1 Å². The van der Waals surface area contributed by atoms with E-state index in [1.807, 2.05) is 0 Å². The van der Waals surface area contributed by atoms with Gasteiger partial charge in [0.15, 0.2) is 0 Å². The van der Waals surface area contributed by atoms with Crippen molar-refractivity contribution < 1.29 is 5.76 Å². The van der Waals surface area contributed by atoms with Crippen molar-refractivity contribution in [3.05, 3.63) is 30.1 Å². The van der Waals surface area contributed by atoms with Gasteiger partial charge < -0.3 is 5.73 Å². The number of hydrogen-bond acceptors (Lipinski definition) is 1. The quantitative estimate of drug-likeness (QED) is 0.504. The molecule has 0 saturated heterocycles. The van der Waals surface area contributed by atoms with Gasteiger partial charge >= 0.3 is 0 Å². The normalized spacial score (nSPS) is 10.9. The van der Waals surface area contributed by atoms with Crippen molar-refractivity contribution in [2.45, 2.75) is 0 Å². The van der Waals surface area contributed by atoms with Crippen molar-refractivity contribution in [2.75, 3.05) is 5.73 Å². The van der Waals surface area contributed by atoms with E-state index < -0.39 is 5.82 Å². The number of benzene rings is 1. The van der Waals surface area contributed by atoms with E-state index in [1.54, 1.807) is 0 Å². The van der Waals surface area contributed by atoms with Crippen LogP contribution in [-0.4, -0.2) is 0 Å². The van der Waals surface area contributed by atoms with E-state index in [0.717, 1.165) is 6.07 Å². The zero-order valence-corrected chi connectivity index (χ0v) is 4.19. The Morgan fingerprint density at radius 2 is 2.38 bits per heavy atom. The van der Waals surface area contributed by atoms with Crippen LogP contribution in [0, 0.1) is 5.82 Å². The Balaban J connectivity index is 3.17. The van der Waals surface area contributed by atoms with Crippen LogP contribution in [-0.2, 0) is 0 Å². The molecule has 2 N–H and O–H groups in total. The summed E-state index contributed by atoms with van der Waals surface area (Å²) < 4.78 is 19.3. The van der Waals surface area contributed by atoms with Crippen molar-refractivity contribution >= 4 is 5.69 Å². The first-order valence-electron chi connectivity index (χ1n) is 2.72. The second-order valence-electron chi connectivity index (χ2n) is 1.45. The molecule has 0 bridgehead atoms. The molecule has 1 aromatic carbocycles. The summed E-state index contributed by atoms with van der Waals surface area (Å²) in [5, 5.41) is 0. The smallest absolute Gasteiger partial charge is 0.146 e. The summed E-state index contributed by atoms with van der Waals surface area (Å²) in [6.45, 7) is 0. The molecule has 0 atom stereocenters. The predicted octanol–water partition coefficient (Wildman–Crippen LogP) is 1.41. The summed E-state index contributed by atoms with van der Waals surface area (Å²) in [5.41, 5.74) is 5.22. The number of nitrogen functional groups attached to an aromatic ring is 1. The molecule has 1 aromatic rings. The molecule has 42 valence electrons. The van der Waals surface area contributed by atoms with Crippen LogP contribution in [0.1, 0.15) is 1.37 Å². The number of hydrogen-bond donors (Lipinski definition) is 1. The molecule has 0 spiro atoms. The van der Waals surface area contributed by atoms with Gasteiger partial charge in [-0.25, -0.2) is 4.39 Å². The molecule has 0 aliphatic heterocycles. The highest BCUT2D eigenvalue weighted by Gasteiger charge is 1.89. The van der Waals surface area contributed by atoms with Gasteiger partial charge in [0.25, 0.3) is 0 Å². The molecule has 0 fully saturated rings. The van der Waals surface area contributed by atoms with E-state index in [-0.39, 0.29) is 11.7 Å². The second kappa shape index (κ2) is 1.82. The van der Waals surface area contributed by atoms with E-state index in [1.165, 1.54) is 12.1 Å². The third-order valence-electron chi connectivity index (χ3n) is 0.845. The molecule has 8 heavy (non-hydrogen) atoms. The fourth-order valence-electron chi connectivity index (χ4n) is 0.422. The topological polar surface area (TPSA) is 26.0 Å². The Hall–Kier alpha value is -1.05. The summed E-state index contributed by atoms with van der Waals surface area (Å²) in [6, 6.07) is 4.03. The SMILES string of the molecule is [2H]c1ccc(N)c(F)c1. The molecule has 0 unspecified atom stereocenters. The van der Waals surface area contributed by atoms with Crippen molar-refractivity contribution in [2.24, 2.45) is 0 Å². The largest absolute Gasteiger partial charge is 0.396 e. The van der Waals surface area contributed by atoms with E-state index in [2.05, 4.69) is 0 Å². The van der Waals surface area contributed by atoms with Crippen LogP contribution in [0.5, 0.6) is 0 Å². The van der Waals surface area contributed by atoms with E-state index in [0.29, 0.717) is 0 Å². The van der Waals surface area contributed by atoms with Crippen LogP contribution in [0.15, 0.2) is 24.2 Å². The van der Waals surface area contributed by atoms with Crippen molar-refractivity contribution in [1.82, 2.24) is 0 Å². The van der Waals surface area contributed by atoms with Gasteiger partial charge in [0.05, 0.1) is 7.06 Å². The maximum atomic E-state index is 12.3. The Morgan fingerprint density at radius 3 is 2.88 bits per heavy atom. The molecule has 0 saturated carbocycles. The summed E-state index contributed by atoms with van der Waals surface area (Å²) in [7, 11) is 0. The van der Waals surface area contributed by atoms with Crippen LogP contribution in [0.3, 0.4) is 0 Å². The fourth-order valence-corrected chi connectivity index (χ4v) is 0.422. The highest BCUT2D eigenvalue weighted by Crippen LogP contribution is 2.05. The fraction of sp³-hybridized carbons (Fsp3) is 0. The lowest BCUT2D eigenvalue weighted by molar-refractivity contribution is 0.632. The van der Waals surface area contributed by atoms with Gasteiger partial charge in [0.2, 0.25) is 0 Å². The minimum Gasteiger partial charge on any atom is -0.396 e. The lowest BCUT2D eigenvalue weighted by Gasteiger charge is -1.89. The van der Waals surface area contributed by atoms with E-state index >= 15 is 0 Å². The molecular formula is C6H6FN. The van der Waals surface area contributed by atoms with Gasteiger partial charge in [-0.15, -0.1) is 0 Å². The summed E-state index contributed by atoms with van der Waals surface area (Å²) >= 11 is 0. The minimum absolute atomic E-state index is 0.0889. The van der Waals surface area contributed by atoms with Gasteiger partial charge in [-0.05, 0) is 12.1 Å². The van der Waals surface area contributed by atoms with Crippen LogP contribution in [0.2, 0.25) is 0 Å². The average molecular weight is 112 g/mol. The molecule has 0 amide bonds. The summed E-state index contributed by atoms with van der Waals surface area (Å²) in [5.74, 6) is -0.525. The van der Waals surface area contributed by atoms with Gasteiger partial charge in [0.1, 0.15) is 5.82 Å². The summed E-state index contributed by atoms with van der Waals surface area (Å²) in [4.78, 5) is 0. The molecule has 0 aliphatic carbocycles. The molecular weight excluding hydrogens is 105 g/mol. The Kier molecular flexibility index (Phi) is 0.886. The Bertz CT molecular complexity index is 224. The van der Waals surface area contributed by atoms with Gasteiger partial charge in [-0.2, -0.15) is 0 Å². The second-order valence-corrected chi connectivity index (χ2v) is 1.45. The van der Waals surface area contributed by atoms with Crippen LogP contribution < -0.4 is 5.73 Å². The number of halogens is 1. The molecule has 2 heteroatoms. The first-order valence-corrected chi connectivity index (χ1v) is 2.22. The first-order chi connectivity index (χ1) is 4.20. The van der Waals surface area contributed by atoms with Crippen molar-refractivity contribution in [3.8, 4) is 0 Å². The average Bonchev–Trinajstić information content (AvgIpc) is 1.80. The number of para-hydroxylation sites is 1. The molecule has 1 nitrogen and oxygen atoms in total. The molecule has 0 aliphatic rings. The third kappa shape index (κ3) is 0.780. The maximum absolute atomic E-state index is 12.3. The minimum atomic E-state index is -0.525. The van der Waals surface area contributed by atoms with Crippen molar-refractivity contribution in [3.63, 3.8) is 0 Å². The first kappa shape index (κ1) is 3.89. The summed E-state index contributed by atoms with van der Waals surface area (Å²) in [6.07, 6.45) is 0. The van der Waals surface area contributed by atoms with Gasteiger partial charge in [0, 0.05) is 0 Å². The third-order valence-corrected chi connectivity index (χ3v) is 0.845. The zero-order chi connectivity index (χ0) is 6.85. The molecule has 0 radical (unpaired) electrons. The highest BCUT2D eigenvalue weighted by molar-refractivity contribution is 5.38. The Labute approximate surface area is 48.3 Å². The lowest BCUT2D eigenvalue weighted by Crippen LogP contribution is -1.86. The van der Waals surface area contributed by atoms with E-state index in [4.69, 9.17) is 7.10 Å². The van der Waals surface area contributed by atoms with Crippen molar-refractivity contribution in [1.29, 1.82) is 0 Å². The van der Waals surface area contributed by atoms with Crippen LogP contribution in [0.25, 0.3) is 0 Å². The predicted molar refractivity (Wildman–Crippen MR) is 30.8 cm³/mol.